The van der Waals surface area contributed by atoms with Crippen LogP contribution in [0.4, 0.5) is 0 Å². The van der Waals surface area contributed by atoms with Crippen molar-refractivity contribution in [2.75, 3.05) is 6.54 Å². The van der Waals surface area contributed by atoms with E-state index in [1.807, 2.05) is 19.1 Å². The van der Waals surface area contributed by atoms with Crippen molar-refractivity contribution < 1.29 is 4.79 Å². The van der Waals surface area contributed by atoms with E-state index >= 15 is 0 Å². The number of aryl methyl sites for hydroxylation is 1. The summed E-state index contributed by atoms with van der Waals surface area (Å²) in [4.78, 5) is 21.7. The molecule has 5 heteroatoms. The Labute approximate surface area is 136 Å². The topological polar surface area (TPSA) is 54.9 Å². The van der Waals surface area contributed by atoms with Gasteiger partial charge in [0.1, 0.15) is 5.01 Å². The molecule has 2 rings (SSSR count). The standard InChI is InChI=1S/C17H23N3OS/c1-12-14(7-10-19-15(21)11-17(2,3)4)22-16(20-12)13-5-8-18-9-6-13/h5-6,8-9H,7,10-11H2,1-4H3,(H,19,21). The predicted octanol–water partition coefficient (Wildman–Crippen LogP) is 3.61. The van der Waals surface area contributed by atoms with Gasteiger partial charge in [0.15, 0.2) is 0 Å². The first-order valence-corrected chi connectivity index (χ1v) is 8.30. The van der Waals surface area contributed by atoms with Crippen LogP contribution in [0, 0.1) is 12.3 Å². The number of rotatable bonds is 5. The zero-order valence-electron chi connectivity index (χ0n) is 13.6. The van der Waals surface area contributed by atoms with Gasteiger partial charge in [-0.25, -0.2) is 4.98 Å². The minimum atomic E-state index is 0.0268. The van der Waals surface area contributed by atoms with E-state index in [0.717, 1.165) is 22.7 Å². The Bertz CT molecular complexity index is 629. The van der Waals surface area contributed by atoms with E-state index < -0.39 is 0 Å². The molecule has 0 saturated carbocycles. The maximum absolute atomic E-state index is 11.8. The number of nitrogens with zero attached hydrogens (tertiary/aromatic N) is 2. The number of hydrogen-bond donors (Lipinski definition) is 1. The summed E-state index contributed by atoms with van der Waals surface area (Å²) < 4.78 is 0. The van der Waals surface area contributed by atoms with E-state index in [2.05, 4.69) is 36.1 Å². The van der Waals surface area contributed by atoms with Crippen LogP contribution >= 0.6 is 11.3 Å². The molecule has 0 spiro atoms. The summed E-state index contributed by atoms with van der Waals surface area (Å²) in [6, 6.07) is 3.93. The van der Waals surface area contributed by atoms with Crippen molar-refractivity contribution in [1.82, 2.24) is 15.3 Å². The monoisotopic (exact) mass is 317 g/mol. The lowest BCUT2D eigenvalue weighted by Gasteiger charge is -2.17. The summed E-state index contributed by atoms with van der Waals surface area (Å²) in [6.07, 6.45) is 4.93. The summed E-state index contributed by atoms with van der Waals surface area (Å²) in [7, 11) is 0. The van der Waals surface area contributed by atoms with Crippen LogP contribution in [0.3, 0.4) is 0 Å². The van der Waals surface area contributed by atoms with Gasteiger partial charge in [-0.1, -0.05) is 20.8 Å². The molecule has 0 aliphatic carbocycles. The molecule has 0 aliphatic heterocycles. The maximum atomic E-state index is 11.8. The van der Waals surface area contributed by atoms with Gasteiger partial charge in [-0.15, -0.1) is 11.3 Å². The van der Waals surface area contributed by atoms with Crippen LogP contribution in [0.1, 0.15) is 37.8 Å². The van der Waals surface area contributed by atoms with Gasteiger partial charge in [-0.05, 0) is 24.5 Å². The van der Waals surface area contributed by atoms with Gasteiger partial charge >= 0.3 is 0 Å². The number of aromatic nitrogens is 2. The number of amides is 1. The van der Waals surface area contributed by atoms with Crippen molar-refractivity contribution in [3.8, 4) is 10.6 Å². The first kappa shape index (κ1) is 16.6. The van der Waals surface area contributed by atoms with Gasteiger partial charge in [0.25, 0.3) is 0 Å². The van der Waals surface area contributed by atoms with Crippen molar-refractivity contribution in [2.45, 2.75) is 40.5 Å². The Morgan fingerprint density at radius 3 is 2.59 bits per heavy atom. The van der Waals surface area contributed by atoms with Crippen LogP contribution < -0.4 is 5.32 Å². The van der Waals surface area contributed by atoms with E-state index in [1.165, 1.54) is 4.88 Å². The molecule has 2 aromatic rings. The lowest BCUT2D eigenvalue weighted by Crippen LogP contribution is -2.29. The molecule has 118 valence electrons. The second-order valence-electron chi connectivity index (χ2n) is 6.60. The van der Waals surface area contributed by atoms with Crippen LogP contribution in [0.25, 0.3) is 10.6 Å². The third kappa shape index (κ3) is 4.91. The Kier molecular flexibility index (Phi) is 5.29. The van der Waals surface area contributed by atoms with Gasteiger partial charge in [-0.3, -0.25) is 9.78 Å². The number of carbonyl (C=O) groups excluding carboxylic acids is 1. The fourth-order valence-electron chi connectivity index (χ4n) is 2.14. The Morgan fingerprint density at radius 1 is 1.27 bits per heavy atom. The van der Waals surface area contributed by atoms with Crippen LogP contribution in [-0.4, -0.2) is 22.4 Å². The molecule has 0 fully saturated rings. The van der Waals surface area contributed by atoms with E-state index in [-0.39, 0.29) is 11.3 Å². The zero-order chi connectivity index (χ0) is 16.2. The van der Waals surface area contributed by atoms with Gasteiger partial charge in [0, 0.05) is 42.2 Å². The van der Waals surface area contributed by atoms with Crippen molar-refractivity contribution in [1.29, 1.82) is 0 Å². The summed E-state index contributed by atoms with van der Waals surface area (Å²) in [5.41, 5.74) is 2.16. The van der Waals surface area contributed by atoms with Gasteiger partial charge in [0.05, 0.1) is 5.69 Å². The summed E-state index contributed by atoms with van der Waals surface area (Å²) in [5, 5.41) is 4.00. The van der Waals surface area contributed by atoms with Gasteiger partial charge < -0.3 is 5.32 Å². The quantitative estimate of drug-likeness (QED) is 0.916. The molecule has 0 atom stereocenters. The van der Waals surface area contributed by atoms with Crippen molar-refractivity contribution in [3.63, 3.8) is 0 Å². The SMILES string of the molecule is Cc1nc(-c2ccncc2)sc1CCNC(=O)CC(C)(C)C. The van der Waals surface area contributed by atoms with E-state index in [0.29, 0.717) is 13.0 Å². The number of pyridine rings is 1. The predicted molar refractivity (Wildman–Crippen MR) is 90.9 cm³/mol. The molecule has 1 N–H and O–H groups in total. The zero-order valence-corrected chi connectivity index (χ0v) is 14.5. The largest absolute Gasteiger partial charge is 0.356 e. The molecular formula is C17H23N3OS. The third-order valence-corrected chi connectivity index (χ3v) is 4.45. The normalized spacial score (nSPS) is 11.5. The fourth-order valence-corrected chi connectivity index (χ4v) is 3.20. The highest BCUT2D eigenvalue weighted by molar-refractivity contribution is 7.15. The Balaban J connectivity index is 1.92. The molecule has 1 amide bonds. The third-order valence-electron chi connectivity index (χ3n) is 3.19. The molecule has 0 bridgehead atoms. The Hall–Kier alpha value is -1.75. The summed E-state index contributed by atoms with van der Waals surface area (Å²) >= 11 is 1.69. The molecule has 2 heterocycles. The van der Waals surface area contributed by atoms with Crippen molar-refractivity contribution >= 4 is 17.2 Å². The molecule has 4 nitrogen and oxygen atoms in total. The number of thiazole rings is 1. The second-order valence-corrected chi connectivity index (χ2v) is 7.68. The average molecular weight is 317 g/mol. The first-order valence-electron chi connectivity index (χ1n) is 7.48. The number of carbonyl (C=O) groups is 1. The van der Waals surface area contributed by atoms with E-state index in [9.17, 15) is 4.79 Å². The van der Waals surface area contributed by atoms with Crippen molar-refractivity contribution in [3.05, 3.63) is 35.1 Å². The number of nitrogens with one attached hydrogen (secondary N) is 1. The molecular weight excluding hydrogens is 294 g/mol. The lowest BCUT2D eigenvalue weighted by molar-refractivity contribution is -0.122. The highest BCUT2D eigenvalue weighted by Crippen LogP contribution is 2.27. The summed E-state index contributed by atoms with van der Waals surface area (Å²) in [6.45, 7) is 8.89. The molecule has 0 aliphatic rings. The highest BCUT2D eigenvalue weighted by Gasteiger charge is 2.16. The van der Waals surface area contributed by atoms with Crippen LogP contribution in [-0.2, 0) is 11.2 Å². The Morgan fingerprint density at radius 2 is 1.95 bits per heavy atom. The first-order chi connectivity index (χ1) is 10.3. The molecule has 0 aromatic carbocycles. The molecule has 0 radical (unpaired) electrons. The minimum absolute atomic E-state index is 0.0268. The maximum Gasteiger partial charge on any atom is 0.220 e. The van der Waals surface area contributed by atoms with Crippen molar-refractivity contribution in [2.24, 2.45) is 5.41 Å². The second kappa shape index (κ2) is 7.01. The smallest absolute Gasteiger partial charge is 0.220 e. The van der Waals surface area contributed by atoms with Gasteiger partial charge in [0.2, 0.25) is 5.91 Å². The highest BCUT2D eigenvalue weighted by atomic mass is 32.1. The van der Waals surface area contributed by atoms with Crippen LogP contribution in [0.5, 0.6) is 0 Å². The minimum Gasteiger partial charge on any atom is -0.356 e. The van der Waals surface area contributed by atoms with E-state index in [4.69, 9.17) is 0 Å². The summed E-state index contributed by atoms with van der Waals surface area (Å²) in [5.74, 6) is 0.115. The fraction of sp³-hybridized carbons (Fsp3) is 0.471. The molecule has 0 saturated heterocycles. The lowest BCUT2D eigenvalue weighted by atomic mass is 9.92. The molecule has 0 unspecified atom stereocenters. The van der Waals surface area contributed by atoms with Crippen LogP contribution in [0.2, 0.25) is 0 Å². The molecule has 22 heavy (non-hydrogen) atoms. The van der Waals surface area contributed by atoms with Crippen LogP contribution in [0.15, 0.2) is 24.5 Å². The molecule has 2 aromatic heterocycles. The van der Waals surface area contributed by atoms with E-state index in [1.54, 1.807) is 23.7 Å². The average Bonchev–Trinajstić information content (AvgIpc) is 2.79. The number of hydrogen-bond acceptors (Lipinski definition) is 4. The van der Waals surface area contributed by atoms with Gasteiger partial charge in [-0.2, -0.15) is 0 Å².